The number of rotatable bonds is 4. The van der Waals surface area contributed by atoms with Crippen LogP contribution in [-0.2, 0) is 6.42 Å². The lowest BCUT2D eigenvalue weighted by Crippen LogP contribution is -2.43. The molecule has 0 heterocycles. The third-order valence-corrected chi connectivity index (χ3v) is 4.10. The highest BCUT2D eigenvalue weighted by Gasteiger charge is 2.15. The van der Waals surface area contributed by atoms with Crippen molar-refractivity contribution >= 4 is 5.96 Å². The van der Waals surface area contributed by atoms with Gasteiger partial charge in [-0.15, -0.1) is 0 Å². The van der Waals surface area contributed by atoms with Gasteiger partial charge < -0.3 is 10.6 Å². The van der Waals surface area contributed by atoms with Crippen molar-refractivity contribution in [3.05, 3.63) is 34.9 Å². The second-order valence-corrected chi connectivity index (χ2v) is 5.80. The van der Waals surface area contributed by atoms with Crippen LogP contribution >= 0.6 is 0 Å². The quantitative estimate of drug-likeness (QED) is 0.653. The van der Waals surface area contributed by atoms with Crippen LogP contribution in [-0.4, -0.2) is 25.6 Å². The summed E-state index contributed by atoms with van der Waals surface area (Å²) < 4.78 is 0. The molecule has 2 rings (SSSR count). The second kappa shape index (κ2) is 7.32. The molecule has 1 aliphatic carbocycles. The number of hydrogen-bond acceptors (Lipinski definition) is 1. The van der Waals surface area contributed by atoms with E-state index in [1.54, 1.807) is 0 Å². The highest BCUT2D eigenvalue weighted by molar-refractivity contribution is 5.79. The zero-order chi connectivity index (χ0) is 14.4. The van der Waals surface area contributed by atoms with Crippen molar-refractivity contribution in [2.24, 2.45) is 4.99 Å². The zero-order valence-corrected chi connectivity index (χ0v) is 13.0. The van der Waals surface area contributed by atoms with Crippen molar-refractivity contribution in [3.63, 3.8) is 0 Å². The summed E-state index contributed by atoms with van der Waals surface area (Å²) in [5.74, 6) is 0.946. The summed E-state index contributed by atoms with van der Waals surface area (Å²) >= 11 is 0. The van der Waals surface area contributed by atoms with E-state index in [2.05, 4.69) is 47.7 Å². The lowest BCUT2D eigenvalue weighted by Gasteiger charge is -2.17. The van der Waals surface area contributed by atoms with Gasteiger partial charge in [-0.2, -0.15) is 0 Å². The van der Waals surface area contributed by atoms with Gasteiger partial charge in [0, 0.05) is 19.6 Å². The summed E-state index contributed by atoms with van der Waals surface area (Å²) in [6.45, 7) is 5.26. The first-order valence-corrected chi connectivity index (χ1v) is 7.72. The Morgan fingerprint density at radius 3 is 2.65 bits per heavy atom. The van der Waals surface area contributed by atoms with Gasteiger partial charge >= 0.3 is 0 Å². The zero-order valence-electron chi connectivity index (χ0n) is 13.0. The first-order chi connectivity index (χ1) is 9.69. The maximum absolute atomic E-state index is 4.31. The fourth-order valence-electron chi connectivity index (χ4n) is 2.90. The minimum atomic E-state index is 0.613. The van der Waals surface area contributed by atoms with Gasteiger partial charge in [0.15, 0.2) is 5.96 Å². The molecule has 0 aromatic heterocycles. The van der Waals surface area contributed by atoms with Gasteiger partial charge in [-0.05, 0) is 44.2 Å². The van der Waals surface area contributed by atoms with Crippen molar-refractivity contribution in [2.75, 3.05) is 13.6 Å². The first kappa shape index (κ1) is 14.9. The number of aryl methyl sites for hydroxylation is 2. The summed E-state index contributed by atoms with van der Waals surface area (Å²) in [6, 6.07) is 7.29. The number of nitrogens with one attached hydrogen (secondary N) is 2. The standard InChI is InChI=1S/C17H27N3/c1-13-8-9-15(14(2)12-13)10-11-19-17(18-3)20-16-6-4-5-7-16/h8-9,12,16H,4-7,10-11H2,1-3H3,(H2,18,19,20). The van der Waals surface area contributed by atoms with E-state index < -0.39 is 0 Å². The molecule has 0 saturated heterocycles. The molecule has 1 aromatic rings. The Bertz CT molecular complexity index is 459. The Balaban J connectivity index is 1.78. The molecule has 0 atom stereocenters. The fourth-order valence-corrected chi connectivity index (χ4v) is 2.90. The Morgan fingerprint density at radius 2 is 2.00 bits per heavy atom. The van der Waals surface area contributed by atoms with E-state index in [4.69, 9.17) is 0 Å². The van der Waals surface area contributed by atoms with Crippen molar-refractivity contribution in [1.29, 1.82) is 0 Å². The summed E-state index contributed by atoms with van der Waals surface area (Å²) in [4.78, 5) is 4.31. The van der Waals surface area contributed by atoms with Crippen molar-refractivity contribution in [3.8, 4) is 0 Å². The molecule has 1 fully saturated rings. The summed E-state index contributed by atoms with van der Waals surface area (Å²) in [5.41, 5.74) is 4.13. The molecule has 3 nitrogen and oxygen atoms in total. The van der Waals surface area contributed by atoms with E-state index in [1.807, 2.05) is 7.05 Å². The molecule has 1 aromatic carbocycles. The average Bonchev–Trinajstić information content (AvgIpc) is 2.93. The summed E-state index contributed by atoms with van der Waals surface area (Å²) in [6.07, 6.45) is 6.28. The average molecular weight is 273 g/mol. The highest BCUT2D eigenvalue weighted by atomic mass is 15.2. The Morgan fingerprint density at radius 1 is 1.25 bits per heavy atom. The monoisotopic (exact) mass is 273 g/mol. The lowest BCUT2D eigenvalue weighted by molar-refractivity contribution is 0.613. The predicted molar refractivity (Wildman–Crippen MR) is 86.4 cm³/mol. The first-order valence-electron chi connectivity index (χ1n) is 7.72. The van der Waals surface area contributed by atoms with E-state index in [9.17, 15) is 0 Å². The van der Waals surface area contributed by atoms with Crippen LogP contribution in [0, 0.1) is 13.8 Å². The fraction of sp³-hybridized carbons (Fsp3) is 0.588. The molecule has 20 heavy (non-hydrogen) atoms. The molecule has 2 N–H and O–H groups in total. The molecular weight excluding hydrogens is 246 g/mol. The molecule has 1 saturated carbocycles. The number of aliphatic imine (C=N–C) groups is 1. The van der Waals surface area contributed by atoms with Gasteiger partial charge in [0.1, 0.15) is 0 Å². The van der Waals surface area contributed by atoms with Crippen molar-refractivity contribution < 1.29 is 0 Å². The van der Waals surface area contributed by atoms with Gasteiger partial charge in [0.05, 0.1) is 0 Å². The van der Waals surface area contributed by atoms with Crippen LogP contribution in [0.3, 0.4) is 0 Å². The number of benzene rings is 1. The number of hydrogen-bond donors (Lipinski definition) is 2. The smallest absolute Gasteiger partial charge is 0.191 e. The molecular formula is C17H27N3. The number of guanidine groups is 1. The van der Waals surface area contributed by atoms with Crippen molar-refractivity contribution in [1.82, 2.24) is 10.6 Å². The normalized spacial score (nSPS) is 16.4. The maximum Gasteiger partial charge on any atom is 0.191 e. The topological polar surface area (TPSA) is 36.4 Å². The van der Waals surface area contributed by atoms with Gasteiger partial charge in [0.2, 0.25) is 0 Å². The molecule has 0 amide bonds. The Kier molecular flexibility index (Phi) is 5.45. The minimum absolute atomic E-state index is 0.613. The van der Waals surface area contributed by atoms with E-state index in [-0.39, 0.29) is 0 Å². The van der Waals surface area contributed by atoms with Crippen LogP contribution in [0.15, 0.2) is 23.2 Å². The highest BCUT2D eigenvalue weighted by Crippen LogP contribution is 2.17. The van der Waals surface area contributed by atoms with Gasteiger partial charge in [-0.3, -0.25) is 4.99 Å². The molecule has 3 heteroatoms. The molecule has 0 radical (unpaired) electrons. The van der Waals surface area contributed by atoms with E-state index in [1.165, 1.54) is 42.4 Å². The summed E-state index contributed by atoms with van der Waals surface area (Å²) in [5, 5.41) is 6.94. The molecule has 0 bridgehead atoms. The van der Waals surface area contributed by atoms with E-state index >= 15 is 0 Å². The van der Waals surface area contributed by atoms with E-state index in [0.717, 1.165) is 18.9 Å². The molecule has 0 unspecified atom stereocenters. The van der Waals surface area contributed by atoms with Crippen LogP contribution < -0.4 is 10.6 Å². The van der Waals surface area contributed by atoms with E-state index in [0.29, 0.717) is 6.04 Å². The molecule has 110 valence electrons. The minimum Gasteiger partial charge on any atom is -0.356 e. The Labute approximate surface area is 122 Å². The SMILES string of the molecule is CN=C(NCCc1ccc(C)cc1C)NC1CCCC1. The van der Waals surface area contributed by atoms with Gasteiger partial charge in [0.25, 0.3) is 0 Å². The summed E-state index contributed by atoms with van der Waals surface area (Å²) in [7, 11) is 1.85. The number of nitrogens with zero attached hydrogens (tertiary/aromatic N) is 1. The van der Waals surface area contributed by atoms with Gasteiger partial charge in [-0.1, -0.05) is 36.6 Å². The third-order valence-electron chi connectivity index (χ3n) is 4.10. The van der Waals surface area contributed by atoms with Crippen LogP contribution in [0.25, 0.3) is 0 Å². The predicted octanol–water partition coefficient (Wildman–Crippen LogP) is 2.95. The second-order valence-electron chi connectivity index (χ2n) is 5.80. The van der Waals surface area contributed by atoms with Crippen LogP contribution in [0.2, 0.25) is 0 Å². The van der Waals surface area contributed by atoms with Crippen LogP contribution in [0.1, 0.15) is 42.4 Å². The molecule has 0 spiro atoms. The molecule has 0 aliphatic heterocycles. The van der Waals surface area contributed by atoms with Crippen molar-refractivity contribution in [2.45, 2.75) is 52.0 Å². The molecule has 1 aliphatic rings. The lowest BCUT2D eigenvalue weighted by atomic mass is 10.0. The van der Waals surface area contributed by atoms with Crippen LogP contribution in [0.5, 0.6) is 0 Å². The van der Waals surface area contributed by atoms with Gasteiger partial charge in [-0.25, -0.2) is 0 Å². The largest absolute Gasteiger partial charge is 0.356 e. The Hall–Kier alpha value is -1.51. The third kappa shape index (κ3) is 4.26. The van der Waals surface area contributed by atoms with Crippen LogP contribution in [0.4, 0.5) is 0 Å². The maximum atomic E-state index is 4.31.